The normalized spacial score (nSPS) is 20.2. The second kappa shape index (κ2) is 24.8. The minimum Gasteiger partial charge on any atom is -0.468 e. The molecule has 5 aliphatic rings. The number of rotatable bonds is 10. The Kier molecular flexibility index (Phi) is 19.3. The van der Waals surface area contributed by atoms with Crippen LogP contribution in [0.15, 0.2) is 48.5 Å². The number of nitrogens with two attached hydrogens (primary N) is 2. The van der Waals surface area contributed by atoms with E-state index in [2.05, 4.69) is 43.6 Å². The molecule has 5 fully saturated rings. The molecule has 2 aromatic heterocycles. The zero-order valence-corrected chi connectivity index (χ0v) is 44.3. The van der Waals surface area contributed by atoms with Gasteiger partial charge in [0.05, 0.1) is 46.2 Å². The molecule has 5 saturated heterocycles. The molecule has 0 bridgehead atoms. The van der Waals surface area contributed by atoms with Gasteiger partial charge in [-0.05, 0) is 36.7 Å². The summed E-state index contributed by atoms with van der Waals surface area (Å²) in [7, 11) is 3.16. The molecule has 0 aliphatic carbocycles. The predicted molar refractivity (Wildman–Crippen MR) is 253 cm³/mol. The summed E-state index contributed by atoms with van der Waals surface area (Å²) in [5.74, 6) is 8.40. The van der Waals surface area contributed by atoms with Gasteiger partial charge in [0.2, 0.25) is 28.2 Å². The number of benzene rings is 2. The molecule has 2 amide bonds. The van der Waals surface area contributed by atoms with Crippen LogP contribution in [0.4, 0.5) is 24.3 Å². The summed E-state index contributed by atoms with van der Waals surface area (Å²) in [5, 5.41) is 20.4. The third-order valence-electron chi connectivity index (χ3n) is 11.3. The van der Waals surface area contributed by atoms with Crippen LogP contribution in [-0.4, -0.2) is 174 Å². The Labute approximate surface area is 469 Å². The second-order valence-corrected chi connectivity index (χ2v) is 17.3. The number of aromatic nitrogens is 4. The van der Waals surface area contributed by atoms with Crippen LogP contribution in [0.3, 0.4) is 0 Å². The summed E-state index contributed by atoms with van der Waals surface area (Å²) in [6, 6.07) is 11.4. The standard InChI is InChI=1S/C23H24N4O6.C13H12BF3NO2.C11H12ClN3O5.K/c1-3-32-21(28)18-17(24)20(33-16-12-31-13-16)26-19(25-18)15-6-4-5-14(11-15)7-8-23(30)9-10-27(2)22(23)29;1-18-8-7-13(20,12(18)19)6-5-10-3-2-4-11(9-10)14(15,16)17;12-11-14-8(10(16)20-6-3-18-4-6)7(13)9(15-11)19-5-1-17-2-5;/h4-6,11,16,30H,3,9-10,12-13,24H2,1-2H3;2-4,9,20H,7-8H2,1H3;5-6H,1-4,13H2;/q;-1;;+1/t23-;13-;;/m00../s1. The van der Waals surface area contributed by atoms with Crippen molar-refractivity contribution in [2.45, 2.75) is 49.3 Å². The number of halogens is 4. The molecule has 2 aromatic carbocycles. The predicted octanol–water partition coefficient (Wildman–Crippen LogP) is -1.64. The van der Waals surface area contributed by atoms with Crippen LogP contribution in [0.2, 0.25) is 5.28 Å². The van der Waals surface area contributed by atoms with Crippen LogP contribution in [0.25, 0.3) is 11.4 Å². The fourth-order valence-electron chi connectivity index (χ4n) is 6.91. The topological polar surface area (TPSA) is 283 Å². The zero-order chi connectivity index (χ0) is 52.7. The smallest absolute Gasteiger partial charge is 0.468 e. The van der Waals surface area contributed by atoms with Crippen molar-refractivity contribution in [1.82, 2.24) is 29.7 Å². The van der Waals surface area contributed by atoms with Crippen molar-refractivity contribution >= 4 is 59.2 Å². The molecule has 0 saturated carbocycles. The number of ether oxygens (including phenoxy) is 7. The SMILES string of the molecule is CCOC(=O)c1nc(-c2cccc(C#C[C@]3(O)CCN(C)C3=O)c2)nc(OC2COC2)c1N.CN1CC[C@@](O)(C#Cc2cccc([B-](F)(F)F)c2)C1=O.Nc1c(OC2COC2)nc(Cl)nc1C(=O)OC1COC1.[K+]. The van der Waals surface area contributed by atoms with Crippen LogP contribution < -0.4 is 77.8 Å². The quantitative estimate of drug-likeness (QED) is 0.0600. The van der Waals surface area contributed by atoms with E-state index in [1.54, 1.807) is 38.2 Å². The van der Waals surface area contributed by atoms with E-state index >= 15 is 0 Å². The number of aliphatic hydroxyl groups is 2. The Hall–Kier alpha value is -5.62. The number of carbonyl (C=O) groups excluding carboxylic acids is 4. The average molecular weight is 1080 g/mol. The Balaban J connectivity index is 0.000000189. The first-order chi connectivity index (χ1) is 34.7. The Morgan fingerprint density at radius 2 is 1.24 bits per heavy atom. The van der Waals surface area contributed by atoms with E-state index in [1.807, 2.05) is 0 Å². The van der Waals surface area contributed by atoms with Crippen molar-refractivity contribution in [1.29, 1.82) is 0 Å². The summed E-state index contributed by atoms with van der Waals surface area (Å²) >= 11 is 5.77. The van der Waals surface area contributed by atoms with E-state index in [1.165, 1.54) is 29.0 Å². The molecule has 74 heavy (non-hydrogen) atoms. The van der Waals surface area contributed by atoms with E-state index in [4.69, 9.17) is 56.2 Å². The second-order valence-electron chi connectivity index (χ2n) is 17.0. The van der Waals surface area contributed by atoms with Gasteiger partial charge in [-0.3, -0.25) is 9.59 Å². The third-order valence-corrected chi connectivity index (χ3v) is 11.5. The number of hydrogen-bond acceptors (Lipinski definition) is 19. The van der Waals surface area contributed by atoms with Gasteiger partial charge in [-0.1, -0.05) is 54.0 Å². The first kappa shape index (κ1) is 57.7. The van der Waals surface area contributed by atoms with Gasteiger partial charge in [0.1, 0.15) is 29.7 Å². The molecule has 0 radical (unpaired) electrons. The van der Waals surface area contributed by atoms with E-state index < -0.39 is 47.4 Å². The summed E-state index contributed by atoms with van der Waals surface area (Å²) in [6.07, 6.45) is -0.250. The molecule has 5 aliphatic heterocycles. The van der Waals surface area contributed by atoms with Gasteiger partial charge in [-0.2, -0.15) is 9.97 Å². The van der Waals surface area contributed by atoms with Crippen LogP contribution in [0.5, 0.6) is 11.8 Å². The molecule has 0 spiro atoms. The molecule has 21 nitrogen and oxygen atoms in total. The minimum absolute atomic E-state index is 0. The van der Waals surface area contributed by atoms with Crippen molar-refractivity contribution < 1.29 is 127 Å². The van der Waals surface area contributed by atoms with Crippen LogP contribution >= 0.6 is 11.6 Å². The molecule has 6 N–H and O–H groups in total. The Morgan fingerprint density at radius 3 is 1.70 bits per heavy atom. The number of nitrogens with zero attached hydrogens (tertiary/aromatic N) is 6. The molecular weight excluding hydrogens is 1030 g/mol. The van der Waals surface area contributed by atoms with Gasteiger partial charge >= 0.3 is 70.3 Å². The van der Waals surface area contributed by atoms with E-state index in [-0.39, 0.29) is 140 Å². The Bertz CT molecular complexity index is 2900. The van der Waals surface area contributed by atoms with Crippen LogP contribution in [0, 0.1) is 23.7 Å². The van der Waals surface area contributed by atoms with E-state index in [9.17, 15) is 42.3 Å². The number of likely N-dealkylation sites (N-methyl/N-ethyl adjacent to an activating group) is 2. The molecule has 9 rings (SSSR count). The number of carbonyl (C=O) groups is 4. The monoisotopic (exact) mass is 1070 g/mol. The maximum Gasteiger partial charge on any atom is 1.00 e. The largest absolute Gasteiger partial charge is 1.00 e. The third kappa shape index (κ3) is 14.2. The van der Waals surface area contributed by atoms with Gasteiger partial charge in [0.15, 0.2) is 17.2 Å². The molecule has 2 atom stereocenters. The summed E-state index contributed by atoms with van der Waals surface area (Å²) in [4.78, 5) is 67.4. The van der Waals surface area contributed by atoms with Crippen molar-refractivity contribution in [2.75, 3.05) is 84.9 Å². The number of anilines is 2. The van der Waals surface area contributed by atoms with Crippen molar-refractivity contribution in [2.24, 2.45) is 0 Å². The average Bonchev–Trinajstić information content (AvgIpc) is 3.74. The maximum absolute atomic E-state index is 12.6. The molecule has 4 aromatic rings. The molecule has 0 unspecified atom stereocenters. The van der Waals surface area contributed by atoms with E-state index in [0.29, 0.717) is 63.9 Å². The van der Waals surface area contributed by atoms with Crippen LogP contribution in [-0.2, 0) is 33.3 Å². The number of likely N-dealkylation sites (tertiary alicyclic amines) is 2. The van der Waals surface area contributed by atoms with Gasteiger partial charge in [0, 0.05) is 56.7 Å². The molecule has 27 heteroatoms. The van der Waals surface area contributed by atoms with Gasteiger partial charge in [0.25, 0.3) is 11.8 Å². The first-order valence-electron chi connectivity index (χ1n) is 22.5. The van der Waals surface area contributed by atoms with Crippen molar-refractivity contribution in [3.63, 3.8) is 0 Å². The fourth-order valence-corrected chi connectivity index (χ4v) is 7.07. The number of nitrogen functional groups attached to an aromatic ring is 2. The minimum atomic E-state index is -5.09. The van der Waals surface area contributed by atoms with Gasteiger partial charge in [-0.15, -0.1) is 5.46 Å². The molecule has 7 heterocycles. The van der Waals surface area contributed by atoms with Crippen molar-refractivity contribution in [3.8, 4) is 46.8 Å². The van der Waals surface area contributed by atoms with Gasteiger partial charge < -0.3 is 77.6 Å². The number of hydrogen-bond donors (Lipinski definition) is 4. The fraction of sp³-hybridized carbons (Fsp3) is 0.404. The first-order valence-corrected chi connectivity index (χ1v) is 22.9. The number of amides is 2. The number of esters is 2. The van der Waals surface area contributed by atoms with Crippen LogP contribution in [0.1, 0.15) is 51.9 Å². The summed E-state index contributed by atoms with van der Waals surface area (Å²) in [6.45, 7) is -0.0147. The summed E-state index contributed by atoms with van der Waals surface area (Å²) in [5.41, 5.74) is 8.68. The van der Waals surface area contributed by atoms with Crippen molar-refractivity contribution in [3.05, 3.63) is 76.3 Å². The Morgan fingerprint density at radius 1 is 0.757 bits per heavy atom. The van der Waals surface area contributed by atoms with E-state index in [0.717, 1.165) is 12.1 Å². The zero-order valence-electron chi connectivity index (χ0n) is 40.4. The maximum atomic E-state index is 12.6. The summed E-state index contributed by atoms with van der Waals surface area (Å²) < 4.78 is 74.3. The van der Waals surface area contributed by atoms with Gasteiger partial charge in [-0.25, -0.2) is 19.6 Å². The molecule has 386 valence electrons. The molecular formula is C47H48BClF3KN8O13.